The first-order valence-electron chi connectivity index (χ1n) is 5.64. The average molecular weight is 215 g/mol. The lowest BCUT2D eigenvalue weighted by molar-refractivity contribution is 0.525. The zero-order valence-electron chi connectivity index (χ0n) is 9.73. The average Bonchev–Trinajstić information content (AvgIpc) is 2.74. The molecule has 1 unspecified atom stereocenters. The predicted molar refractivity (Wildman–Crippen MR) is 65.4 cm³/mol. The first kappa shape index (κ1) is 11.0. The van der Waals surface area contributed by atoms with Gasteiger partial charge in [0.15, 0.2) is 0 Å². The predicted octanol–water partition coefficient (Wildman–Crippen LogP) is 3.29. The quantitative estimate of drug-likeness (QED) is 0.846. The molecule has 1 aromatic heterocycles. The SMILES string of the molecule is CCNC(c1ccccc1)c1coc(C)c1. The zero-order chi connectivity index (χ0) is 11.4. The summed E-state index contributed by atoms with van der Waals surface area (Å²) < 4.78 is 5.37. The molecule has 0 aliphatic heterocycles. The molecule has 2 nitrogen and oxygen atoms in total. The molecular formula is C14H17NO. The highest BCUT2D eigenvalue weighted by atomic mass is 16.3. The van der Waals surface area contributed by atoms with E-state index in [-0.39, 0.29) is 6.04 Å². The van der Waals surface area contributed by atoms with Crippen LogP contribution in [-0.2, 0) is 0 Å². The van der Waals surface area contributed by atoms with E-state index >= 15 is 0 Å². The number of aryl methyl sites for hydroxylation is 1. The molecule has 0 saturated heterocycles. The Bertz CT molecular complexity index is 433. The molecule has 84 valence electrons. The van der Waals surface area contributed by atoms with Crippen molar-refractivity contribution < 1.29 is 4.42 Å². The normalized spacial score (nSPS) is 12.6. The molecule has 0 bridgehead atoms. The Balaban J connectivity index is 2.31. The van der Waals surface area contributed by atoms with Crippen molar-refractivity contribution in [1.82, 2.24) is 5.32 Å². The highest BCUT2D eigenvalue weighted by Gasteiger charge is 2.14. The van der Waals surface area contributed by atoms with E-state index in [9.17, 15) is 0 Å². The van der Waals surface area contributed by atoms with Gasteiger partial charge in [-0.2, -0.15) is 0 Å². The third-order valence-electron chi connectivity index (χ3n) is 2.63. The van der Waals surface area contributed by atoms with Crippen LogP contribution in [-0.4, -0.2) is 6.54 Å². The summed E-state index contributed by atoms with van der Waals surface area (Å²) in [4.78, 5) is 0. The summed E-state index contributed by atoms with van der Waals surface area (Å²) in [6.45, 7) is 5.02. The number of benzene rings is 1. The van der Waals surface area contributed by atoms with Crippen molar-refractivity contribution in [3.8, 4) is 0 Å². The number of furan rings is 1. The van der Waals surface area contributed by atoms with Crippen molar-refractivity contribution in [3.05, 3.63) is 59.5 Å². The summed E-state index contributed by atoms with van der Waals surface area (Å²) in [5, 5.41) is 3.47. The molecule has 1 N–H and O–H groups in total. The second-order valence-corrected chi connectivity index (χ2v) is 3.89. The van der Waals surface area contributed by atoms with Gasteiger partial charge in [0.25, 0.3) is 0 Å². The molecule has 0 spiro atoms. The van der Waals surface area contributed by atoms with Gasteiger partial charge in [-0.1, -0.05) is 37.3 Å². The maximum atomic E-state index is 5.37. The number of hydrogen-bond donors (Lipinski definition) is 1. The van der Waals surface area contributed by atoms with Gasteiger partial charge in [0.05, 0.1) is 12.3 Å². The molecule has 0 saturated carbocycles. The monoisotopic (exact) mass is 215 g/mol. The minimum atomic E-state index is 0.226. The van der Waals surface area contributed by atoms with E-state index in [2.05, 4.69) is 42.6 Å². The second kappa shape index (κ2) is 4.99. The number of nitrogens with one attached hydrogen (secondary N) is 1. The van der Waals surface area contributed by atoms with Crippen LogP contribution in [0.1, 0.15) is 29.9 Å². The molecule has 1 aromatic carbocycles. The summed E-state index contributed by atoms with van der Waals surface area (Å²) in [7, 11) is 0. The van der Waals surface area contributed by atoms with Crippen molar-refractivity contribution >= 4 is 0 Å². The topological polar surface area (TPSA) is 25.2 Å². The lowest BCUT2D eigenvalue weighted by Gasteiger charge is -2.16. The van der Waals surface area contributed by atoms with Crippen molar-refractivity contribution in [2.24, 2.45) is 0 Å². The van der Waals surface area contributed by atoms with Crippen LogP contribution in [0.4, 0.5) is 0 Å². The third-order valence-corrected chi connectivity index (χ3v) is 2.63. The summed E-state index contributed by atoms with van der Waals surface area (Å²) in [5.41, 5.74) is 2.45. The molecular weight excluding hydrogens is 198 g/mol. The van der Waals surface area contributed by atoms with Crippen LogP contribution in [0.3, 0.4) is 0 Å². The smallest absolute Gasteiger partial charge is 0.101 e. The fourth-order valence-corrected chi connectivity index (χ4v) is 1.89. The van der Waals surface area contributed by atoms with Crippen molar-refractivity contribution in [3.63, 3.8) is 0 Å². The fraction of sp³-hybridized carbons (Fsp3) is 0.286. The highest BCUT2D eigenvalue weighted by Crippen LogP contribution is 2.23. The largest absolute Gasteiger partial charge is 0.469 e. The fourth-order valence-electron chi connectivity index (χ4n) is 1.89. The van der Waals surface area contributed by atoms with Crippen LogP contribution in [0.25, 0.3) is 0 Å². The van der Waals surface area contributed by atoms with Crippen molar-refractivity contribution in [1.29, 1.82) is 0 Å². The Morgan fingerprint density at radius 1 is 1.19 bits per heavy atom. The van der Waals surface area contributed by atoms with Crippen LogP contribution in [0.15, 0.2) is 47.1 Å². The standard InChI is InChI=1S/C14H17NO/c1-3-15-14(12-7-5-4-6-8-12)13-9-11(2)16-10-13/h4-10,14-15H,3H2,1-2H3. The van der Waals surface area contributed by atoms with Gasteiger partial charge < -0.3 is 9.73 Å². The van der Waals surface area contributed by atoms with Gasteiger partial charge in [-0.15, -0.1) is 0 Å². The van der Waals surface area contributed by atoms with Gasteiger partial charge in [-0.05, 0) is 25.1 Å². The lowest BCUT2D eigenvalue weighted by Crippen LogP contribution is -2.21. The van der Waals surface area contributed by atoms with Gasteiger partial charge in [0, 0.05) is 5.56 Å². The molecule has 0 amide bonds. The van der Waals surface area contributed by atoms with E-state index in [1.807, 2.05) is 19.3 Å². The second-order valence-electron chi connectivity index (χ2n) is 3.89. The van der Waals surface area contributed by atoms with Crippen LogP contribution < -0.4 is 5.32 Å². The Morgan fingerprint density at radius 3 is 2.50 bits per heavy atom. The van der Waals surface area contributed by atoms with Crippen LogP contribution in [0, 0.1) is 6.92 Å². The molecule has 0 aliphatic rings. The van der Waals surface area contributed by atoms with Crippen LogP contribution >= 0.6 is 0 Å². The molecule has 0 radical (unpaired) electrons. The molecule has 0 aliphatic carbocycles. The summed E-state index contributed by atoms with van der Waals surface area (Å²) in [6.07, 6.45) is 1.83. The van der Waals surface area contributed by atoms with Gasteiger partial charge in [0.2, 0.25) is 0 Å². The van der Waals surface area contributed by atoms with E-state index in [0.29, 0.717) is 0 Å². The Labute approximate surface area is 96.3 Å². The maximum Gasteiger partial charge on any atom is 0.101 e. The molecule has 1 heterocycles. The maximum absolute atomic E-state index is 5.37. The molecule has 2 heteroatoms. The van der Waals surface area contributed by atoms with E-state index in [1.54, 1.807) is 0 Å². The van der Waals surface area contributed by atoms with Gasteiger partial charge in [-0.25, -0.2) is 0 Å². The first-order chi connectivity index (χ1) is 7.81. The van der Waals surface area contributed by atoms with Crippen molar-refractivity contribution in [2.75, 3.05) is 6.54 Å². The number of rotatable bonds is 4. The first-order valence-corrected chi connectivity index (χ1v) is 5.64. The highest BCUT2D eigenvalue weighted by molar-refractivity contribution is 5.30. The van der Waals surface area contributed by atoms with Gasteiger partial charge in [0.1, 0.15) is 5.76 Å². The zero-order valence-corrected chi connectivity index (χ0v) is 9.73. The van der Waals surface area contributed by atoms with Gasteiger partial charge >= 0.3 is 0 Å². The van der Waals surface area contributed by atoms with E-state index < -0.39 is 0 Å². The third kappa shape index (κ3) is 2.34. The van der Waals surface area contributed by atoms with E-state index in [4.69, 9.17) is 4.42 Å². The van der Waals surface area contributed by atoms with Crippen LogP contribution in [0.2, 0.25) is 0 Å². The van der Waals surface area contributed by atoms with Crippen LogP contribution in [0.5, 0.6) is 0 Å². The summed E-state index contributed by atoms with van der Waals surface area (Å²) in [6, 6.07) is 12.7. The Hall–Kier alpha value is -1.54. The summed E-state index contributed by atoms with van der Waals surface area (Å²) in [5.74, 6) is 0.953. The summed E-state index contributed by atoms with van der Waals surface area (Å²) >= 11 is 0. The molecule has 2 rings (SSSR count). The lowest BCUT2D eigenvalue weighted by atomic mass is 10.0. The van der Waals surface area contributed by atoms with E-state index in [1.165, 1.54) is 11.1 Å². The molecule has 2 aromatic rings. The molecule has 1 atom stereocenters. The van der Waals surface area contributed by atoms with E-state index in [0.717, 1.165) is 12.3 Å². The minimum Gasteiger partial charge on any atom is -0.469 e. The van der Waals surface area contributed by atoms with Gasteiger partial charge in [-0.3, -0.25) is 0 Å². The minimum absolute atomic E-state index is 0.226. The Morgan fingerprint density at radius 2 is 1.94 bits per heavy atom. The Kier molecular flexibility index (Phi) is 3.42. The molecule has 16 heavy (non-hydrogen) atoms. The number of hydrogen-bond acceptors (Lipinski definition) is 2. The molecule has 0 fully saturated rings. The van der Waals surface area contributed by atoms with Crippen molar-refractivity contribution in [2.45, 2.75) is 19.9 Å².